The van der Waals surface area contributed by atoms with Crippen molar-refractivity contribution >= 4 is 0 Å². The molecule has 10 nitrogen and oxygen atoms in total. The Morgan fingerprint density at radius 1 is 0.739 bits per heavy atom. The molecule has 6 unspecified atom stereocenters. The largest absolute Gasteiger partial charge is 0.396 e. The first-order valence-corrected chi connectivity index (χ1v) is 7.42. The Hall–Kier alpha value is -0.400. The van der Waals surface area contributed by atoms with Gasteiger partial charge in [0.05, 0.1) is 18.8 Å². The molecule has 2 aliphatic rings. The summed E-state index contributed by atoms with van der Waals surface area (Å²) in [6, 6.07) is 0. The van der Waals surface area contributed by atoms with E-state index >= 15 is 0 Å². The second kappa shape index (κ2) is 7.66. The van der Waals surface area contributed by atoms with E-state index in [0.29, 0.717) is 0 Å². The molecule has 136 valence electrons. The van der Waals surface area contributed by atoms with Crippen molar-refractivity contribution in [1.82, 2.24) is 0 Å². The first-order chi connectivity index (χ1) is 10.8. The highest BCUT2D eigenvalue weighted by molar-refractivity contribution is 4.95. The van der Waals surface area contributed by atoms with Crippen molar-refractivity contribution in [2.45, 2.75) is 61.5 Å². The highest BCUT2D eigenvalue weighted by atomic mass is 16.7. The van der Waals surface area contributed by atoms with Crippen molar-refractivity contribution in [3.8, 4) is 0 Å². The van der Waals surface area contributed by atoms with Gasteiger partial charge in [0.15, 0.2) is 6.29 Å². The molecule has 10 heteroatoms. The van der Waals surface area contributed by atoms with Gasteiger partial charge in [-0.15, -0.1) is 0 Å². The van der Waals surface area contributed by atoms with Gasteiger partial charge in [-0.3, -0.25) is 0 Å². The van der Waals surface area contributed by atoms with Gasteiger partial charge < -0.3 is 50.3 Å². The van der Waals surface area contributed by atoms with Crippen LogP contribution in [0.5, 0.6) is 0 Å². The van der Waals surface area contributed by atoms with E-state index in [0.717, 1.165) is 0 Å². The van der Waals surface area contributed by atoms with Crippen LogP contribution < -0.4 is 0 Å². The zero-order valence-electron chi connectivity index (χ0n) is 12.3. The zero-order valence-corrected chi connectivity index (χ0v) is 12.3. The molecule has 0 bridgehead atoms. The van der Waals surface area contributed by atoms with Crippen LogP contribution in [0.1, 0.15) is 6.42 Å². The second-order valence-electron chi connectivity index (χ2n) is 6.02. The quantitative estimate of drug-likeness (QED) is 0.247. The van der Waals surface area contributed by atoms with E-state index in [1.54, 1.807) is 0 Å². The van der Waals surface area contributed by atoms with Gasteiger partial charge in [0.1, 0.15) is 36.6 Å². The molecular formula is C13H24O10. The minimum Gasteiger partial charge on any atom is -0.396 e. The molecule has 0 radical (unpaired) electrons. The summed E-state index contributed by atoms with van der Waals surface area (Å²) in [4.78, 5) is 0. The average molecular weight is 340 g/mol. The Labute approximate surface area is 132 Å². The van der Waals surface area contributed by atoms with Crippen LogP contribution in [-0.2, 0) is 9.47 Å². The summed E-state index contributed by atoms with van der Waals surface area (Å²) >= 11 is 0. The molecule has 1 saturated heterocycles. The predicted molar refractivity (Wildman–Crippen MR) is 71.9 cm³/mol. The molecule has 0 aromatic carbocycles. The zero-order chi connectivity index (χ0) is 17.3. The second-order valence-corrected chi connectivity index (χ2v) is 6.02. The van der Waals surface area contributed by atoms with Gasteiger partial charge in [-0.2, -0.15) is 0 Å². The summed E-state index contributed by atoms with van der Waals surface area (Å²) in [6.45, 7) is -1.07. The molecule has 23 heavy (non-hydrogen) atoms. The number of hydrogen-bond donors (Lipinski definition) is 8. The van der Waals surface area contributed by atoms with Crippen molar-refractivity contribution < 1.29 is 50.3 Å². The molecule has 2 rings (SSSR count). The van der Waals surface area contributed by atoms with Crippen LogP contribution in [0.25, 0.3) is 0 Å². The van der Waals surface area contributed by atoms with E-state index in [9.17, 15) is 35.7 Å². The van der Waals surface area contributed by atoms with Crippen molar-refractivity contribution in [1.29, 1.82) is 0 Å². The molecule has 1 aliphatic heterocycles. The lowest BCUT2D eigenvalue weighted by Gasteiger charge is -2.44. The standard InChI is InChI=1S/C13H24O10/c14-2-4-1-5(8(17)10(19)7(4)16)22-13-12(21)11(20)9(18)6(3-15)23-13/h4-21H,1-3H2/t4?,5-,6?,7+,8?,9-,10?,11?,12?,13+/m0/s1. The molecule has 1 heterocycles. The SMILES string of the molecule is OCC1C[C@H](O[C@@H]2OC(CO)[C@H](O)C(O)C2O)C(O)C(O)[C@@H]1O. The van der Waals surface area contributed by atoms with Gasteiger partial charge in [0, 0.05) is 12.5 Å². The number of hydrogen-bond acceptors (Lipinski definition) is 10. The van der Waals surface area contributed by atoms with Gasteiger partial charge in [-0.25, -0.2) is 0 Å². The van der Waals surface area contributed by atoms with Crippen LogP contribution >= 0.6 is 0 Å². The fourth-order valence-corrected chi connectivity index (χ4v) is 2.95. The van der Waals surface area contributed by atoms with Gasteiger partial charge >= 0.3 is 0 Å². The highest BCUT2D eigenvalue weighted by Crippen LogP contribution is 2.31. The summed E-state index contributed by atoms with van der Waals surface area (Å²) < 4.78 is 10.5. The summed E-state index contributed by atoms with van der Waals surface area (Å²) in [7, 11) is 0. The van der Waals surface area contributed by atoms with E-state index in [4.69, 9.17) is 14.6 Å². The van der Waals surface area contributed by atoms with Crippen LogP contribution in [0.3, 0.4) is 0 Å². The third kappa shape index (κ3) is 3.66. The Morgan fingerprint density at radius 3 is 1.91 bits per heavy atom. The van der Waals surface area contributed by atoms with Gasteiger partial charge in [-0.05, 0) is 6.42 Å². The molecule has 10 atom stereocenters. The summed E-state index contributed by atoms with van der Waals surface area (Å²) in [5.74, 6) is -0.747. The minimum atomic E-state index is -1.64. The maximum atomic E-state index is 9.96. The van der Waals surface area contributed by atoms with Crippen LogP contribution in [0, 0.1) is 5.92 Å². The Balaban J connectivity index is 2.07. The predicted octanol–water partition coefficient (Wildman–Crippen LogP) is -4.73. The fourth-order valence-electron chi connectivity index (χ4n) is 2.95. The monoisotopic (exact) mass is 340 g/mol. The lowest BCUT2D eigenvalue weighted by Crippen LogP contribution is -2.62. The first kappa shape index (κ1) is 18.9. The van der Waals surface area contributed by atoms with E-state index < -0.39 is 74.3 Å². The van der Waals surface area contributed by atoms with Gasteiger partial charge in [0.25, 0.3) is 0 Å². The van der Waals surface area contributed by atoms with Gasteiger partial charge in [0.2, 0.25) is 0 Å². The molecule has 0 aromatic heterocycles. The molecular weight excluding hydrogens is 316 g/mol. The van der Waals surface area contributed by atoms with Crippen molar-refractivity contribution in [2.75, 3.05) is 13.2 Å². The van der Waals surface area contributed by atoms with Gasteiger partial charge in [-0.1, -0.05) is 0 Å². The Morgan fingerprint density at radius 2 is 1.35 bits per heavy atom. The van der Waals surface area contributed by atoms with E-state index in [-0.39, 0.29) is 6.42 Å². The maximum Gasteiger partial charge on any atom is 0.187 e. The minimum absolute atomic E-state index is 0.0229. The smallest absolute Gasteiger partial charge is 0.187 e. The first-order valence-electron chi connectivity index (χ1n) is 7.42. The molecule has 8 N–H and O–H groups in total. The van der Waals surface area contributed by atoms with Crippen LogP contribution in [-0.4, -0.2) is 109 Å². The number of rotatable bonds is 4. The fraction of sp³-hybridized carbons (Fsp3) is 1.00. The van der Waals surface area contributed by atoms with E-state index in [2.05, 4.69) is 0 Å². The summed E-state index contributed by atoms with van der Waals surface area (Å²) in [6.07, 6.45) is -12.9. The summed E-state index contributed by atoms with van der Waals surface area (Å²) in [5, 5.41) is 77.1. The molecule has 2 fully saturated rings. The number of aliphatic hydroxyl groups excluding tert-OH is 8. The van der Waals surface area contributed by atoms with Crippen LogP contribution in [0.2, 0.25) is 0 Å². The molecule has 0 amide bonds. The molecule has 0 spiro atoms. The Kier molecular flexibility index (Phi) is 6.30. The Bertz CT molecular complexity index is 344. The highest BCUT2D eigenvalue weighted by Gasteiger charge is 2.48. The van der Waals surface area contributed by atoms with Crippen molar-refractivity contribution in [3.63, 3.8) is 0 Å². The van der Waals surface area contributed by atoms with E-state index in [1.807, 2.05) is 0 Å². The molecule has 1 aliphatic carbocycles. The number of aliphatic hydroxyl groups is 8. The average Bonchev–Trinajstić information content (AvgIpc) is 2.55. The van der Waals surface area contributed by atoms with E-state index in [1.165, 1.54) is 0 Å². The third-order valence-electron chi connectivity index (χ3n) is 4.49. The molecule has 1 saturated carbocycles. The maximum absolute atomic E-state index is 9.96. The number of ether oxygens (including phenoxy) is 2. The third-order valence-corrected chi connectivity index (χ3v) is 4.49. The van der Waals surface area contributed by atoms with Crippen molar-refractivity contribution in [2.24, 2.45) is 5.92 Å². The van der Waals surface area contributed by atoms with Crippen LogP contribution in [0.4, 0.5) is 0 Å². The molecule has 0 aromatic rings. The van der Waals surface area contributed by atoms with Crippen molar-refractivity contribution in [3.05, 3.63) is 0 Å². The lowest BCUT2D eigenvalue weighted by atomic mass is 9.81. The normalized spacial score (nSPS) is 51.7. The topological polar surface area (TPSA) is 180 Å². The summed E-state index contributed by atoms with van der Waals surface area (Å²) in [5.41, 5.74) is 0. The lowest BCUT2D eigenvalue weighted by molar-refractivity contribution is -0.326. The van der Waals surface area contributed by atoms with Crippen LogP contribution in [0.15, 0.2) is 0 Å².